The van der Waals surface area contributed by atoms with Crippen LogP contribution in [0.1, 0.15) is 18.9 Å². The molecule has 1 aliphatic carbocycles. The van der Waals surface area contributed by atoms with Crippen molar-refractivity contribution in [3.8, 4) is 11.1 Å². The Morgan fingerprint density at radius 1 is 1.18 bits per heavy atom. The van der Waals surface area contributed by atoms with E-state index in [0.717, 1.165) is 5.65 Å². The van der Waals surface area contributed by atoms with Gasteiger partial charge in [0.25, 0.3) is 0 Å². The monoisotopic (exact) mass is 224 g/mol. The van der Waals surface area contributed by atoms with Gasteiger partial charge in [-0.3, -0.25) is 4.68 Å². The summed E-state index contributed by atoms with van der Waals surface area (Å²) in [5, 5.41) is 4.41. The second kappa shape index (κ2) is 3.20. The van der Waals surface area contributed by atoms with Gasteiger partial charge >= 0.3 is 0 Å². The molecule has 3 aromatic rings. The van der Waals surface area contributed by atoms with E-state index in [-0.39, 0.29) is 0 Å². The first kappa shape index (κ1) is 8.98. The molecular formula is C13H12N4. The Kier molecular flexibility index (Phi) is 1.69. The normalized spacial score (nSPS) is 15.5. The summed E-state index contributed by atoms with van der Waals surface area (Å²) in [7, 11) is 0. The molecule has 0 radical (unpaired) electrons. The lowest BCUT2D eigenvalue weighted by molar-refractivity contribution is 0.642. The summed E-state index contributed by atoms with van der Waals surface area (Å²) in [4.78, 5) is 4.29. The van der Waals surface area contributed by atoms with E-state index in [0.29, 0.717) is 6.04 Å². The smallest absolute Gasteiger partial charge is 0.137 e. The molecule has 0 saturated heterocycles. The third-order valence-corrected chi connectivity index (χ3v) is 3.25. The molecule has 0 amide bonds. The number of aromatic nitrogens is 4. The van der Waals surface area contributed by atoms with E-state index in [1.807, 2.05) is 29.2 Å². The Morgan fingerprint density at radius 2 is 2.12 bits per heavy atom. The molecule has 0 aliphatic heterocycles. The van der Waals surface area contributed by atoms with Gasteiger partial charge in [0.05, 0.1) is 12.2 Å². The molecule has 3 aromatic heterocycles. The predicted molar refractivity (Wildman–Crippen MR) is 64.7 cm³/mol. The van der Waals surface area contributed by atoms with E-state index in [9.17, 15) is 0 Å². The molecule has 4 rings (SSSR count). The molecule has 0 atom stereocenters. The van der Waals surface area contributed by atoms with Gasteiger partial charge in [0.1, 0.15) is 5.65 Å². The molecule has 0 aromatic carbocycles. The van der Waals surface area contributed by atoms with Gasteiger partial charge in [0.2, 0.25) is 0 Å². The summed E-state index contributed by atoms with van der Waals surface area (Å²) in [6.07, 6.45) is 12.4. The third-order valence-electron chi connectivity index (χ3n) is 3.25. The third kappa shape index (κ3) is 1.45. The quantitative estimate of drug-likeness (QED) is 0.670. The Hall–Kier alpha value is -2.10. The van der Waals surface area contributed by atoms with Gasteiger partial charge in [0, 0.05) is 30.4 Å². The molecule has 4 nitrogen and oxygen atoms in total. The van der Waals surface area contributed by atoms with Crippen LogP contribution in [0.3, 0.4) is 0 Å². The number of nitrogens with zero attached hydrogens (tertiary/aromatic N) is 4. The molecule has 3 heterocycles. The first-order valence-electron chi connectivity index (χ1n) is 5.87. The number of fused-ring (bicyclic) bond motifs is 1. The van der Waals surface area contributed by atoms with Crippen molar-refractivity contribution in [3.63, 3.8) is 0 Å². The van der Waals surface area contributed by atoms with Gasteiger partial charge < -0.3 is 4.40 Å². The van der Waals surface area contributed by atoms with Crippen molar-refractivity contribution in [2.75, 3.05) is 0 Å². The highest BCUT2D eigenvalue weighted by atomic mass is 15.3. The van der Waals surface area contributed by atoms with E-state index >= 15 is 0 Å². The van der Waals surface area contributed by atoms with Crippen LogP contribution >= 0.6 is 0 Å². The SMILES string of the molecule is c1cn2ccc(-c3cnn(C4CC4)c3)cc2n1. The minimum absolute atomic E-state index is 0.638. The zero-order valence-corrected chi connectivity index (χ0v) is 9.32. The molecule has 0 spiro atoms. The number of imidazole rings is 1. The summed E-state index contributed by atoms with van der Waals surface area (Å²) in [5.41, 5.74) is 3.32. The fourth-order valence-corrected chi connectivity index (χ4v) is 2.12. The molecule has 1 fully saturated rings. The van der Waals surface area contributed by atoms with Crippen LogP contribution in [-0.4, -0.2) is 19.2 Å². The Bertz CT molecular complexity index is 675. The lowest BCUT2D eigenvalue weighted by atomic mass is 10.1. The van der Waals surface area contributed by atoms with Gasteiger partial charge in [-0.25, -0.2) is 4.98 Å². The molecular weight excluding hydrogens is 212 g/mol. The maximum atomic E-state index is 4.41. The number of rotatable bonds is 2. The molecule has 0 bridgehead atoms. The number of pyridine rings is 1. The van der Waals surface area contributed by atoms with Crippen molar-refractivity contribution in [2.24, 2.45) is 0 Å². The molecule has 4 heteroatoms. The van der Waals surface area contributed by atoms with Crippen molar-refractivity contribution >= 4 is 5.65 Å². The maximum absolute atomic E-state index is 4.41. The summed E-state index contributed by atoms with van der Waals surface area (Å²) in [6, 6.07) is 4.83. The summed E-state index contributed by atoms with van der Waals surface area (Å²) >= 11 is 0. The maximum Gasteiger partial charge on any atom is 0.137 e. The van der Waals surface area contributed by atoms with Crippen molar-refractivity contribution in [1.29, 1.82) is 0 Å². The molecule has 0 N–H and O–H groups in total. The van der Waals surface area contributed by atoms with Crippen LogP contribution in [-0.2, 0) is 0 Å². The lowest BCUT2D eigenvalue weighted by Crippen LogP contribution is -1.91. The number of hydrogen-bond acceptors (Lipinski definition) is 2. The average Bonchev–Trinajstić information content (AvgIpc) is 2.93. The second-order valence-electron chi connectivity index (χ2n) is 4.55. The summed E-state index contributed by atoms with van der Waals surface area (Å²) in [6.45, 7) is 0. The van der Waals surface area contributed by atoms with E-state index < -0.39 is 0 Å². The van der Waals surface area contributed by atoms with Gasteiger partial charge in [-0.05, 0) is 30.5 Å². The van der Waals surface area contributed by atoms with Gasteiger partial charge in [-0.1, -0.05) is 0 Å². The predicted octanol–water partition coefficient (Wildman–Crippen LogP) is 2.53. The zero-order chi connectivity index (χ0) is 11.2. The van der Waals surface area contributed by atoms with Crippen LogP contribution in [0.15, 0.2) is 43.1 Å². The van der Waals surface area contributed by atoms with Crippen molar-refractivity contribution in [2.45, 2.75) is 18.9 Å². The molecule has 1 aliphatic rings. The first-order valence-corrected chi connectivity index (χ1v) is 5.87. The van der Waals surface area contributed by atoms with Gasteiger partial charge in [0.15, 0.2) is 0 Å². The Labute approximate surface area is 98.5 Å². The van der Waals surface area contributed by atoms with Crippen molar-refractivity contribution in [1.82, 2.24) is 19.2 Å². The topological polar surface area (TPSA) is 35.1 Å². The average molecular weight is 224 g/mol. The molecule has 0 unspecified atom stereocenters. The summed E-state index contributed by atoms with van der Waals surface area (Å²) < 4.78 is 4.08. The molecule has 84 valence electrons. The van der Waals surface area contributed by atoms with Crippen LogP contribution in [0.2, 0.25) is 0 Å². The number of hydrogen-bond donors (Lipinski definition) is 0. The Morgan fingerprint density at radius 3 is 3.00 bits per heavy atom. The van der Waals surface area contributed by atoms with E-state index in [4.69, 9.17) is 0 Å². The van der Waals surface area contributed by atoms with Crippen LogP contribution in [0.25, 0.3) is 16.8 Å². The highest BCUT2D eigenvalue weighted by molar-refractivity contribution is 5.66. The van der Waals surface area contributed by atoms with Gasteiger partial charge in [-0.2, -0.15) is 5.10 Å². The highest BCUT2D eigenvalue weighted by Crippen LogP contribution is 2.35. The minimum atomic E-state index is 0.638. The molecule has 1 saturated carbocycles. The van der Waals surface area contributed by atoms with E-state index in [1.54, 1.807) is 0 Å². The fraction of sp³-hybridized carbons (Fsp3) is 0.231. The van der Waals surface area contributed by atoms with E-state index in [1.165, 1.54) is 24.0 Å². The Balaban J connectivity index is 1.80. The highest BCUT2D eigenvalue weighted by Gasteiger charge is 2.24. The lowest BCUT2D eigenvalue weighted by Gasteiger charge is -1.98. The fourth-order valence-electron chi connectivity index (χ4n) is 2.12. The van der Waals surface area contributed by atoms with Crippen LogP contribution < -0.4 is 0 Å². The largest absolute Gasteiger partial charge is 0.307 e. The van der Waals surface area contributed by atoms with Crippen LogP contribution in [0.4, 0.5) is 0 Å². The first-order chi connectivity index (χ1) is 8.40. The molecule has 17 heavy (non-hydrogen) atoms. The van der Waals surface area contributed by atoms with Crippen LogP contribution in [0.5, 0.6) is 0 Å². The minimum Gasteiger partial charge on any atom is -0.307 e. The van der Waals surface area contributed by atoms with Crippen LogP contribution in [0, 0.1) is 0 Å². The van der Waals surface area contributed by atoms with Gasteiger partial charge in [-0.15, -0.1) is 0 Å². The standard InChI is InChI=1S/C13H12N4/c1-2-12(1)17-9-11(8-15-17)10-3-5-16-6-4-14-13(16)7-10/h3-9,12H,1-2H2. The summed E-state index contributed by atoms with van der Waals surface area (Å²) in [5.74, 6) is 0. The van der Waals surface area contributed by atoms with Crippen molar-refractivity contribution < 1.29 is 0 Å². The van der Waals surface area contributed by atoms with E-state index in [2.05, 4.69) is 33.1 Å². The zero-order valence-electron chi connectivity index (χ0n) is 9.32. The van der Waals surface area contributed by atoms with Crippen molar-refractivity contribution in [3.05, 3.63) is 43.1 Å². The second-order valence-corrected chi connectivity index (χ2v) is 4.55.